The number of anilines is 1. The van der Waals surface area contributed by atoms with E-state index >= 15 is 0 Å². The summed E-state index contributed by atoms with van der Waals surface area (Å²) in [6.07, 6.45) is 0.396. The molecule has 1 aromatic heterocycles. The molecule has 18 heavy (non-hydrogen) atoms. The van der Waals surface area contributed by atoms with Gasteiger partial charge < -0.3 is 5.11 Å². The van der Waals surface area contributed by atoms with Crippen LogP contribution in [0.25, 0.3) is 10.2 Å². The van der Waals surface area contributed by atoms with Crippen LogP contribution in [-0.2, 0) is 4.79 Å². The summed E-state index contributed by atoms with van der Waals surface area (Å²) in [5, 5.41) is 10.4. The molecule has 1 aliphatic heterocycles. The lowest BCUT2D eigenvalue weighted by atomic mass is 10.1. The van der Waals surface area contributed by atoms with Gasteiger partial charge in [-0.1, -0.05) is 22.9 Å². The lowest BCUT2D eigenvalue weighted by Crippen LogP contribution is -2.24. The van der Waals surface area contributed by atoms with Gasteiger partial charge in [0.05, 0.1) is 10.2 Å². The van der Waals surface area contributed by atoms with Gasteiger partial charge in [0, 0.05) is 30.5 Å². The maximum Gasteiger partial charge on any atom is 0.229 e. The number of halogens is 1. The predicted molar refractivity (Wildman–Crippen MR) is 72.2 cm³/mol. The van der Waals surface area contributed by atoms with Crippen molar-refractivity contribution in [2.24, 2.45) is 5.92 Å². The van der Waals surface area contributed by atoms with E-state index < -0.39 is 0 Å². The number of carbonyl (C=O) groups is 1. The molecule has 94 valence electrons. The molecular weight excluding hydrogens is 272 g/mol. The van der Waals surface area contributed by atoms with Gasteiger partial charge >= 0.3 is 0 Å². The lowest BCUT2D eigenvalue weighted by Gasteiger charge is -2.11. The summed E-state index contributed by atoms with van der Waals surface area (Å²) in [6, 6.07) is 5.51. The first-order chi connectivity index (χ1) is 8.67. The van der Waals surface area contributed by atoms with Gasteiger partial charge in [0.15, 0.2) is 5.13 Å². The van der Waals surface area contributed by atoms with Crippen LogP contribution in [0.2, 0.25) is 5.02 Å². The highest BCUT2D eigenvalue weighted by Gasteiger charge is 2.31. The molecule has 2 heterocycles. The highest BCUT2D eigenvalue weighted by molar-refractivity contribution is 7.22. The molecule has 2 aromatic rings. The number of aromatic nitrogens is 1. The van der Waals surface area contributed by atoms with Crippen molar-refractivity contribution < 1.29 is 9.90 Å². The smallest absolute Gasteiger partial charge is 0.229 e. The summed E-state index contributed by atoms with van der Waals surface area (Å²) >= 11 is 7.39. The third-order valence-corrected chi connectivity index (χ3v) is 4.33. The highest BCUT2D eigenvalue weighted by Crippen LogP contribution is 2.33. The summed E-state index contributed by atoms with van der Waals surface area (Å²) in [4.78, 5) is 17.9. The van der Waals surface area contributed by atoms with E-state index in [0.29, 0.717) is 23.1 Å². The maximum absolute atomic E-state index is 11.8. The SMILES string of the molecule is O=C1CC(CO)CN1c1nc2cc(Cl)ccc2s1. The van der Waals surface area contributed by atoms with E-state index in [0.717, 1.165) is 10.2 Å². The molecule has 1 aliphatic rings. The normalized spacial score (nSPS) is 20.0. The van der Waals surface area contributed by atoms with E-state index in [9.17, 15) is 4.79 Å². The van der Waals surface area contributed by atoms with Crippen LogP contribution in [0.1, 0.15) is 6.42 Å². The molecular formula is C12H11ClN2O2S. The maximum atomic E-state index is 11.8. The number of rotatable bonds is 2. The minimum absolute atomic E-state index is 0.0214. The molecule has 3 rings (SSSR count). The molecule has 1 atom stereocenters. The Morgan fingerprint density at radius 2 is 2.39 bits per heavy atom. The second-order valence-electron chi connectivity index (χ2n) is 4.37. The molecule has 0 aliphatic carbocycles. The fourth-order valence-electron chi connectivity index (χ4n) is 2.09. The molecule has 1 fully saturated rings. The predicted octanol–water partition coefficient (Wildman–Crippen LogP) is 2.29. The molecule has 0 bridgehead atoms. The van der Waals surface area contributed by atoms with Crippen LogP contribution in [0.5, 0.6) is 0 Å². The topological polar surface area (TPSA) is 53.4 Å². The number of carbonyl (C=O) groups excluding carboxylic acids is 1. The van der Waals surface area contributed by atoms with Gasteiger partial charge in [0.1, 0.15) is 0 Å². The molecule has 1 amide bonds. The van der Waals surface area contributed by atoms with Gasteiger partial charge in [-0.25, -0.2) is 4.98 Å². The van der Waals surface area contributed by atoms with Gasteiger partial charge in [-0.15, -0.1) is 0 Å². The summed E-state index contributed by atoms with van der Waals surface area (Å²) in [5.41, 5.74) is 0.808. The Bertz CT molecular complexity index is 613. The van der Waals surface area contributed by atoms with Crippen LogP contribution < -0.4 is 4.90 Å². The van der Waals surface area contributed by atoms with Crippen LogP contribution in [0.4, 0.5) is 5.13 Å². The van der Waals surface area contributed by atoms with Crippen LogP contribution in [0, 0.1) is 5.92 Å². The molecule has 6 heteroatoms. The zero-order valence-corrected chi connectivity index (χ0v) is 11.0. The highest BCUT2D eigenvalue weighted by atomic mass is 35.5. The zero-order chi connectivity index (χ0) is 12.7. The first kappa shape index (κ1) is 11.9. The van der Waals surface area contributed by atoms with E-state index in [1.54, 1.807) is 11.0 Å². The molecule has 0 saturated carbocycles. The van der Waals surface area contributed by atoms with E-state index in [1.165, 1.54) is 11.3 Å². The number of fused-ring (bicyclic) bond motifs is 1. The average molecular weight is 283 g/mol. The molecule has 1 saturated heterocycles. The summed E-state index contributed by atoms with van der Waals surface area (Å²) in [5.74, 6) is 0.0484. The number of amides is 1. The Morgan fingerprint density at radius 3 is 3.11 bits per heavy atom. The largest absolute Gasteiger partial charge is 0.396 e. The minimum Gasteiger partial charge on any atom is -0.396 e. The van der Waals surface area contributed by atoms with E-state index in [-0.39, 0.29) is 18.4 Å². The first-order valence-electron chi connectivity index (χ1n) is 5.64. The summed E-state index contributed by atoms with van der Waals surface area (Å²) in [7, 11) is 0. The van der Waals surface area contributed by atoms with Crippen molar-refractivity contribution in [2.45, 2.75) is 6.42 Å². The zero-order valence-electron chi connectivity index (χ0n) is 9.47. The number of hydrogen-bond acceptors (Lipinski definition) is 4. The fraction of sp³-hybridized carbons (Fsp3) is 0.333. The number of aliphatic hydroxyl groups excluding tert-OH is 1. The molecule has 1 N–H and O–H groups in total. The first-order valence-corrected chi connectivity index (χ1v) is 6.84. The second kappa shape index (κ2) is 4.50. The van der Waals surface area contributed by atoms with Crippen molar-refractivity contribution in [3.8, 4) is 0 Å². The van der Waals surface area contributed by atoms with Gasteiger partial charge in [-0.2, -0.15) is 0 Å². The molecule has 1 aromatic carbocycles. The van der Waals surface area contributed by atoms with Crippen LogP contribution in [0.15, 0.2) is 18.2 Å². The van der Waals surface area contributed by atoms with Crippen molar-refractivity contribution in [3.63, 3.8) is 0 Å². The van der Waals surface area contributed by atoms with Gasteiger partial charge in [0.25, 0.3) is 0 Å². The number of benzene rings is 1. The lowest BCUT2D eigenvalue weighted by molar-refractivity contribution is -0.117. The van der Waals surface area contributed by atoms with E-state index in [4.69, 9.17) is 16.7 Å². The molecule has 4 nitrogen and oxygen atoms in total. The minimum atomic E-state index is 0.0214. The van der Waals surface area contributed by atoms with Crippen LogP contribution in [0.3, 0.4) is 0 Å². The standard InChI is InChI=1S/C12H11ClN2O2S/c13-8-1-2-10-9(4-8)14-12(18-10)15-5-7(6-16)3-11(15)17/h1-2,4,7,16H,3,5-6H2. The van der Waals surface area contributed by atoms with Crippen molar-refractivity contribution >= 4 is 44.2 Å². The number of hydrogen-bond donors (Lipinski definition) is 1. The molecule has 1 unspecified atom stereocenters. The number of thiazole rings is 1. The summed E-state index contributed by atoms with van der Waals surface area (Å²) in [6.45, 7) is 0.585. The Morgan fingerprint density at radius 1 is 1.56 bits per heavy atom. The Kier molecular flexibility index (Phi) is 2.97. The van der Waals surface area contributed by atoms with Crippen LogP contribution in [-0.4, -0.2) is 29.1 Å². The fourth-order valence-corrected chi connectivity index (χ4v) is 3.23. The van der Waals surface area contributed by atoms with Crippen molar-refractivity contribution in [1.29, 1.82) is 0 Å². The Labute approximate surface area is 113 Å². The summed E-state index contributed by atoms with van der Waals surface area (Å²) < 4.78 is 1.01. The average Bonchev–Trinajstić information content (AvgIpc) is 2.91. The Balaban J connectivity index is 1.97. The van der Waals surface area contributed by atoms with Gasteiger partial charge in [-0.05, 0) is 18.2 Å². The quantitative estimate of drug-likeness (QED) is 0.919. The number of aliphatic hydroxyl groups is 1. The van der Waals surface area contributed by atoms with Gasteiger partial charge in [-0.3, -0.25) is 9.69 Å². The van der Waals surface area contributed by atoms with Crippen molar-refractivity contribution in [2.75, 3.05) is 18.1 Å². The van der Waals surface area contributed by atoms with E-state index in [2.05, 4.69) is 4.98 Å². The molecule has 0 radical (unpaired) electrons. The molecule has 0 spiro atoms. The van der Waals surface area contributed by atoms with Gasteiger partial charge in [0.2, 0.25) is 5.91 Å². The number of nitrogens with zero attached hydrogens (tertiary/aromatic N) is 2. The third kappa shape index (κ3) is 1.98. The van der Waals surface area contributed by atoms with E-state index in [1.807, 2.05) is 12.1 Å². The van der Waals surface area contributed by atoms with Crippen molar-refractivity contribution in [3.05, 3.63) is 23.2 Å². The Hall–Kier alpha value is -1.17. The van der Waals surface area contributed by atoms with Crippen LogP contribution >= 0.6 is 22.9 Å². The third-order valence-electron chi connectivity index (χ3n) is 3.03. The monoisotopic (exact) mass is 282 g/mol. The second-order valence-corrected chi connectivity index (χ2v) is 5.81. The van der Waals surface area contributed by atoms with Crippen molar-refractivity contribution in [1.82, 2.24) is 4.98 Å².